The van der Waals surface area contributed by atoms with Gasteiger partial charge in [-0.1, -0.05) is 6.92 Å². The van der Waals surface area contributed by atoms with Gasteiger partial charge in [0.05, 0.1) is 13.2 Å². The first kappa shape index (κ1) is 8.21. The minimum Gasteiger partial charge on any atom is -0.379 e. The molecule has 2 unspecified atom stereocenters. The van der Waals surface area contributed by atoms with Crippen LogP contribution in [-0.4, -0.2) is 50.3 Å². The molecule has 3 heteroatoms. The number of nitrogens with zero attached hydrogens (tertiary/aromatic N) is 1. The molecule has 3 nitrogen and oxygen atoms in total. The van der Waals surface area contributed by atoms with E-state index in [0.29, 0.717) is 11.5 Å². The normalized spacial score (nSPS) is 43.2. The predicted molar refractivity (Wildman–Crippen MR) is 50.6 cm³/mol. The van der Waals surface area contributed by atoms with Crippen LogP contribution in [0.5, 0.6) is 0 Å². The van der Waals surface area contributed by atoms with Gasteiger partial charge in [-0.25, -0.2) is 0 Å². The third kappa shape index (κ3) is 1.14. The highest BCUT2D eigenvalue weighted by Gasteiger charge is 2.50. The van der Waals surface area contributed by atoms with Crippen molar-refractivity contribution in [3.05, 3.63) is 0 Å². The Kier molecular flexibility index (Phi) is 1.70. The highest BCUT2D eigenvalue weighted by atomic mass is 16.5. The van der Waals surface area contributed by atoms with Crippen LogP contribution in [0.3, 0.4) is 0 Å². The van der Waals surface area contributed by atoms with E-state index in [-0.39, 0.29) is 0 Å². The van der Waals surface area contributed by atoms with Gasteiger partial charge in [0, 0.05) is 37.6 Å². The maximum absolute atomic E-state index is 5.49. The minimum absolute atomic E-state index is 0.669. The number of ether oxygens (including phenoxy) is 1. The van der Waals surface area contributed by atoms with Crippen LogP contribution < -0.4 is 5.32 Å². The molecule has 2 atom stereocenters. The van der Waals surface area contributed by atoms with Crippen LogP contribution in [0.25, 0.3) is 0 Å². The number of hydrogen-bond donors (Lipinski definition) is 1. The number of rotatable bonds is 1. The first-order chi connectivity index (χ1) is 6.29. The monoisotopic (exact) mass is 182 g/mol. The molecule has 0 amide bonds. The minimum atomic E-state index is 0.669. The van der Waals surface area contributed by atoms with Crippen molar-refractivity contribution in [3.8, 4) is 0 Å². The average molecular weight is 182 g/mol. The van der Waals surface area contributed by atoms with Gasteiger partial charge in [-0.3, -0.25) is 4.90 Å². The van der Waals surface area contributed by atoms with Crippen molar-refractivity contribution >= 4 is 0 Å². The molecule has 3 rings (SSSR count). The van der Waals surface area contributed by atoms with E-state index in [1.54, 1.807) is 0 Å². The van der Waals surface area contributed by atoms with Crippen LogP contribution in [0.1, 0.15) is 6.92 Å². The van der Waals surface area contributed by atoms with Gasteiger partial charge in [-0.2, -0.15) is 0 Å². The lowest BCUT2D eigenvalue weighted by Crippen LogP contribution is -2.73. The highest BCUT2D eigenvalue weighted by Crippen LogP contribution is 2.37. The molecule has 13 heavy (non-hydrogen) atoms. The predicted octanol–water partition coefficient (Wildman–Crippen LogP) is -0.0735. The van der Waals surface area contributed by atoms with Crippen molar-refractivity contribution in [1.82, 2.24) is 10.2 Å². The van der Waals surface area contributed by atoms with Gasteiger partial charge in [0.2, 0.25) is 0 Å². The highest BCUT2D eigenvalue weighted by molar-refractivity contribution is 5.06. The summed E-state index contributed by atoms with van der Waals surface area (Å²) >= 11 is 0. The Bertz CT molecular complexity index is 207. The first-order valence-corrected chi connectivity index (χ1v) is 5.32. The topological polar surface area (TPSA) is 24.5 Å². The van der Waals surface area contributed by atoms with Gasteiger partial charge in [0.1, 0.15) is 0 Å². The van der Waals surface area contributed by atoms with Crippen molar-refractivity contribution in [3.63, 3.8) is 0 Å². The maximum atomic E-state index is 5.49. The summed E-state index contributed by atoms with van der Waals surface area (Å²) in [6.45, 7) is 9.33. The molecule has 0 aliphatic carbocycles. The third-order valence-corrected chi connectivity index (χ3v) is 3.87. The van der Waals surface area contributed by atoms with Crippen LogP contribution in [0, 0.1) is 11.3 Å². The SMILES string of the molecule is CC1COCC1N1CC2(CNC2)C1. The molecule has 0 aromatic rings. The molecule has 0 aromatic heterocycles. The maximum Gasteiger partial charge on any atom is 0.0625 e. The van der Waals surface area contributed by atoms with E-state index < -0.39 is 0 Å². The van der Waals surface area contributed by atoms with Gasteiger partial charge in [0.15, 0.2) is 0 Å². The Labute approximate surface area is 79.4 Å². The number of nitrogens with one attached hydrogen (secondary N) is 1. The fourth-order valence-electron chi connectivity index (χ4n) is 2.87. The Morgan fingerprint density at radius 3 is 2.54 bits per heavy atom. The van der Waals surface area contributed by atoms with Crippen LogP contribution in [0.2, 0.25) is 0 Å². The summed E-state index contributed by atoms with van der Waals surface area (Å²) in [7, 11) is 0. The molecule has 3 heterocycles. The van der Waals surface area contributed by atoms with Crippen LogP contribution in [0.15, 0.2) is 0 Å². The fourth-order valence-corrected chi connectivity index (χ4v) is 2.87. The molecule has 3 aliphatic rings. The largest absolute Gasteiger partial charge is 0.379 e. The van der Waals surface area contributed by atoms with Gasteiger partial charge in [-0.15, -0.1) is 0 Å². The fraction of sp³-hybridized carbons (Fsp3) is 1.00. The lowest BCUT2D eigenvalue weighted by molar-refractivity contribution is -0.0714. The van der Waals surface area contributed by atoms with Crippen molar-refractivity contribution in [2.75, 3.05) is 39.4 Å². The van der Waals surface area contributed by atoms with Gasteiger partial charge >= 0.3 is 0 Å². The molecular weight excluding hydrogens is 164 g/mol. The molecule has 74 valence electrons. The lowest BCUT2D eigenvalue weighted by atomic mass is 9.73. The second-order valence-corrected chi connectivity index (χ2v) is 5.09. The molecule has 0 radical (unpaired) electrons. The molecule has 3 aliphatic heterocycles. The van der Waals surface area contributed by atoms with Crippen LogP contribution in [0.4, 0.5) is 0 Å². The molecule has 3 fully saturated rings. The Hall–Kier alpha value is -0.120. The van der Waals surface area contributed by atoms with Gasteiger partial charge < -0.3 is 10.1 Å². The zero-order valence-corrected chi connectivity index (χ0v) is 8.25. The summed E-state index contributed by atoms with van der Waals surface area (Å²) in [5.41, 5.74) is 0.669. The molecule has 0 aromatic carbocycles. The van der Waals surface area contributed by atoms with E-state index in [9.17, 15) is 0 Å². The van der Waals surface area contributed by atoms with E-state index in [1.807, 2.05) is 0 Å². The first-order valence-electron chi connectivity index (χ1n) is 5.32. The smallest absolute Gasteiger partial charge is 0.0625 e. The summed E-state index contributed by atoms with van der Waals surface area (Å²) in [5.74, 6) is 0.741. The lowest BCUT2D eigenvalue weighted by Gasteiger charge is -2.58. The zero-order valence-electron chi connectivity index (χ0n) is 8.25. The summed E-state index contributed by atoms with van der Waals surface area (Å²) in [6, 6.07) is 0.714. The van der Waals surface area contributed by atoms with Crippen LogP contribution in [-0.2, 0) is 4.74 Å². The van der Waals surface area contributed by atoms with E-state index in [4.69, 9.17) is 4.74 Å². The number of hydrogen-bond acceptors (Lipinski definition) is 3. The molecule has 0 bridgehead atoms. The number of likely N-dealkylation sites (tertiary alicyclic amines) is 1. The summed E-state index contributed by atoms with van der Waals surface area (Å²) in [5, 5.41) is 3.37. The molecule has 1 N–H and O–H groups in total. The summed E-state index contributed by atoms with van der Waals surface area (Å²) < 4.78 is 5.49. The third-order valence-electron chi connectivity index (χ3n) is 3.87. The Balaban J connectivity index is 1.57. The molecule has 3 saturated heterocycles. The van der Waals surface area contributed by atoms with Crippen molar-refractivity contribution in [1.29, 1.82) is 0 Å². The molecular formula is C10H18N2O. The van der Waals surface area contributed by atoms with Gasteiger partial charge in [0.25, 0.3) is 0 Å². The molecule has 0 saturated carbocycles. The van der Waals surface area contributed by atoms with E-state index in [0.717, 1.165) is 19.1 Å². The second kappa shape index (κ2) is 2.69. The second-order valence-electron chi connectivity index (χ2n) is 5.09. The Morgan fingerprint density at radius 1 is 1.31 bits per heavy atom. The molecule has 1 spiro atoms. The average Bonchev–Trinajstić information content (AvgIpc) is 2.30. The zero-order chi connectivity index (χ0) is 8.89. The van der Waals surface area contributed by atoms with Crippen molar-refractivity contribution in [2.24, 2.45) is 11.3 Å². The van der Waals surface area contributed by atoms with E-state index in [1.165, 1.54) is 26.2 Å². The van der Waals surface area contributed by atoms with Crippen molar-refractivity contribution in [2.45, 2.75) is 13.0 Å². The summed E-state index contributed by atoms with van der Waals surface area (Å²) in [6.07, 6.45) is 0. The van der Waals surface area contributed by atoms with E-state index >= 15 is 0 Å². The quantitative estimate of drug-likeness (QED) is 0.614. The Morgan fingerprint density at radius 2 is 2.08 bits per heavy atom. The standard InChI is InChI=1S/C10H18N2O/c1-8-2-13-3-9(8)12-6-10(7-12)4-11-5-10/h8-9,11H,2-7H2,1H3. The van der Waals surface area contributed by atoms with Crippen LogP contribution >= 0.6 is 0 Å². The van der Waals surface area contributed by atoms with Gasteiger partial charge in [-0.05, 0) is 5.92 Å². The van der Waals surface area contributed by atoms with E-state index in [2.05, 4.69) is 17.1 Å². The van der Waals surface area contributed by atoms with Crippen molar-refractivity contribution < 1.29 is 4.74 Å². The summed E-state index contributed by atoms with van der Waals surface area (Å²) in [4.78, 5) is 2.61.